The number of hydrogen-bond donors (Lipinski definition) is 2. The van der Waals surface area contributed by atoms with Crippen LogP contribution in [-0.2, 0) is 0 Å². The van der Waals surface area contributed by atoms with Crippen molar-refractivity contribution in [2.45, 2.75) is 38.8 Å². The van der Waals surface area contributed by atoms with Gasteiger partial charge >= 0.3 is 0 Å². The molecule has 0 rings (SSSR count). The predicted octanol–water partition coefficient (Wildman–Crippen LogP) is 0.461. The van der Waals surface area contributed by atoms with Crippen LogP contribution >= 0.6 is 0 Å². The minimum absolute atomic E-state index is 0.255. The van der Waals surface area contributed by atoms with Gasteiger partial charge in [0, 0.05) is 12.1 Å². The third kappa shape index (κ3) is 4.09. The molecule has 0 amide bonds. The van der Waals surface area contributed by atoms with E-state index in [2.05, 4.69) is 6.92 Å². The summed E-state index contributed by atoms with van der Waals surface area (Å²) in [7, 11) is 0. The normalized spacial score (nSPS) is 18.0. The summed E-state index contributed by atoms with van der Waals surface area (Å²) in [4.78, 5) is 0. The van der Waals surface area contributed by atoms with Crippen LogP contribution in [0.25, 0.3) is 0 Å². The summed E-state index contributed by atoms with van der Waals surface area (Å²) in [5, 5.41) is 0. The minimum atomic E-state index is 0.255. The van der Waals surface area contributed by atoms with Gasteiger partial charge in [-0.1, -0.05) is 6.92 Å². The van der Waals surface area contributed by atoms with Crippen molar-refractivity contribution >= 4 is 0 Å². The van der Waals surface area contributed by atoms with Crippen LogP contribution < -0.4 is 11.5 Å². The van der Waals surface area contributed by atoms with Gasteiger partial charge in [-0.3, -0.25) is 0 Å². The van der Waals surface area contributed by atoms with Gasteiger partial charge in [0.15, 0.2) is 0 Å². The van der Waals surface area contributed by atoms with E-state index in [0.29, 0.717) is 6.04 Å². The van der Waals surface area contributed by atoms with Crippen LogP contribution in [0.3, 0.4) is 0 Å². The molecular weight excluding hydrogens is 100 g/mol. The predicted molar refractivity (Wildman–Crippen MR) is 36.5 cm³/mol. The molecule has 0 aliphatic rings. The van der Waals surface area contributed by atoms with Crippen molar-refractivity contribution in [3.63, 3.8) is 0 Å². The molecule has 0 radical (unpaired) electrons. The summed E-state index contributed by atoms with van der Waals surface area (Å²) >= 11 is 0. The van der Waals surface area contributed by atoms with Crippen LogP contribution in [0, 0.1) is 0 Å². The highest BCUT2D eigenvalue weighted by molar-refractivity contribution is 4.64. The van der Waals surface area contributed by atoms with Crippen molar-refractivity contribution in [1.82, 2.24) is 0 Å². The average molecular weight is 116 g/mol. The van der Waals surface area contributed by atoms with E-state index in [1.807, 2.05) is 6.92 Å². The summed E-state index contributed by atoms with van der Waals surface area (Å²) in [6, 6.07) is 0.556. The Morgan fingerprint density at radius 2 is 1.88 bits per heavy atom. The molecule has 0 aliphatic carbocycles. The Labute approximate surface area is 51.2 Å². The van der Waals surface area contributed by atoms with Crippen molar-refractivity contribution in [2.24, 2.45) is 11.5 Å². The maximum Gasteiger partial charge on any atom is 0.00508 e. The fraction of sp³-hybridized carbons (Fsp3) is 1.00. The van der Waals surface area contributed by atoms with Gasteiger partial charge in [-0.05, 0) is 19.8 Å². The average Bonchev–Trinajstić information content (AvgIpc) is 1.65. The summed E-state index contributed by atoms with van der Waals surface area (Å²) in [6.07, 6.45) is 1.97. The van der Waals surface area contributed by atoms with E-state index < -0.39 is 0 Å². The zero-order valence-corrected chi connectivity index (χ0v) is 5.72. The lowest BCUT2D eigenvalue weighted by molar-refractivity contribution is 0.535. The fourth-order valence-corrected chi connectivity index (χ4v) is 0.644. The third-order valence-electron chi connectivity index (χ3n) is 1.20. The Balaban J connectivity index is 3.10. The first-order valence-electron chi connectivity index (χ1n) is 3.18. The largest absolute Gasteiger partial charge is 0.328 e. The molecule has 0 aliphatic heterocycles. The highest BCUT2D eigenvalue weighted by Crippen LogP contribution is 1.94. The lowest BCUT2D eigenvalue weighted by Crippen LogP contribution is -2.28. The summed E-state index contributed by atoms with van der Waals surface area (Å²) < 4.78 is 0. The van der Waals surface area contributed by atoms with E-state index in [4.69, 9.17) is 11.5 Å². The maximum atomic E-state index is 5.59. The molecule has 0 saturated heterocycles. The van der Waals surface area contributed by atoms with Gasteiger partial charge in [-0.15, -0.1) is 0 Å². The molecular formula is C6H16N2. The first kappa shape index (κ1) is 7.92. The summed E-state index contributed by atoms with van der Waals surface area (Å²) in [6.45, 7) is 4.06. The van der Waals surface area contributed by atoms with Gasteiger partial charge in [-0.25, -0.2) is 0 Å². The highest BCUT2D eigenvalue weighted by Gasteiger charge is 2.00. The summed E-state index contributed by atoms with van der Waals surface area (Å²) in [5.74, 6) is 0. The number of hydrogen-bond acceptors (Lipinski definition) is 2. The van der Waals surface area contributed by atoms with Crippen LogP contribution in [0.4, 0.5) is 0 Å². The smallest absolute Gasteiger partial charge is 0.00508 e. The topological polar surface area (TPSA) is 52.0 Å². The molecule has 4 N–H and O–H groups in total. The Morgan fingerprint density at radius 1 is 1.38 bits per heavy atom. The molecule has 0 aromatic heterocycles. The van der Waals surface area contributed by atoms with Gasteiger partial charge in [0.05, 0.1) is 0 Å². The van der Waals surface area contributed by atoms with Crippen LogP contribution in [0.15, 0.2) is 0 Å². The zero-order chi connectivity index (χ0) is 6.57. The van der Waals surface area contributed by atoms with Gasteiger partial charge in [-0.2, -0.15) is 0 Å². The van der Waals surface area contributed by atoms with E-state index in [-0.39, 0.29) is 6.04 Å². The molecule has 8 heavy (non-hydrogen) atoms. The standard InChI is InChI=1S/C6H16N2/c1-3-6(8)4-5(2)7/h5-6H,3-4,7-8H2,1-2H3/t5-,6?/m1/s1. The molecule has 50 valence electrons. The lowest BCUT2D eigenvalue weighted by Gasteiger charge is -2.09. The summed E-state index contributed by atoms with van der Waals surface area (Å²) in [5.41, 5.74) is 11.1. The van der Waals surface area contributed by atoms with Crippen LogP contribution in [-0.4, -0.2) is 12.1 Å². The zero-order valence-electron chi connectivity index (χ0n) is 5.72. The van der Waals surface area contributed by atoms with E-state index in [1.165, 1.54) is 0 Å². The Kier molecular flexibility index (Phi) is 3.83. The van der Waals surface area contributed by atoms with Crippen molar-refractivity contribution in [1.29, 1.82) is 0 Å². The van der Waals surface area contributed by atoms with Gasteiger partial charge in [0.25, 0.3) is 0 Å². The molecule has 0 bridgehead atoms. The minimum Gasteiger partial charge on any atom is -0.328 e. The lowest BCUT2D eigenvalue weighted by atomic mass is 10.1. The molecule has 2 atom stereocenters. The third-order valence-corrected chi connectivity index (χ3v) is 1.20. The van der Waals surface area contributed by atoms with Crippen LogP contribution in [0.5, 0.6) is 0 Å². The quantitative estimate of drug-likeness (QED) is 0.563. The van der Waals surface area contributed by atoms with Crippen molar-refractivity contribution in [3.05, 3.63) is 0 Å². The van der Waals surface area contributed by atoms with E-state index in [9.17, 15) is 0 Å². The fourth-order valence-electron chi connectivity index (χ4n) is 0.644. The Morgan fingerprint density at radius 3 is 2.00 bits per heavy atom. The highest BCUT2D eigenvalue weighted by atomic mass is 14.7. The SMILES string of the molecule is CCC(N)C[C@@H](C)N. The molecule has 0 heterocycles. The first-order chi connectivity index (χ1) is 3.66. The second-order valence-electron chi connectivity index (χ2n) is 2.38. The Bertz CT molecular complexity index is 52.5. The van der Waals surface area contributed by atoms with E-state index >= 15 is 0 Å². The molecule has 2 nitrogen and oxygen atoms in total. The molecule has 0 aromatic rings. The maximum absolute atomic E-state index is 5.59. The van der Waals surface area contributed by atoms with E-state index in [1.54, 1.807) is 0 Å². The number of nitrogens with two attached hydrogens (primary N) is 2. The van der Waals surface area contributed by atoms with E-state index in [0.717, 1.165) is 12.8 Å². The Hall–Kier alpha value is -0.0800. The van der Waals surface area contributed by atoms with Gasteiger partial charge < -0.3 is 11.5 Å². The number of rotatable bonds is 3. The first-order valence-corrected chi connectivity index (χ1v) is 3.18. The second kappa shape index (κ2) is 3.87. The molecule has 0 spiro atoms. The van der Waals surface area contributed by atoms with Crippen LogP contribution in [0.2, 0.25) is 0 Å². The van der Waals surface area contributed by atoms with Crippen molar-refractivity contribution in [3.8, 4) is 0 Å². The molecule has 1 unspecified atom stereocenters. The van der Waals surface area contributed by atoms with Crippen molar-refractivity contribution < 1.29 is 0 Å². The van der Waals surface area contributed by atoms with Crippen LogP contribution in [0.1, 0.15) is 26.7 Å². The van der Waals surface area contributed by atoms with Crippen molar-refractivity contribution in [2.75, 3.05) is 0 Å². The van der Waals surface area contributed by atoms with Gasteiger partial charge in [0.2, 0.25) is 0 Å². The molecule has 0 aromatic carbocycles. The monoisotopic (exact) mass is 116 g/mol. The second-order valence-corrected chi connectivity index (χ2v) is 2.38. The molecule has 2 heteroatoms. The van der Waals surface area contributed by atoms with Gasteiger partial charge in [0.1, 0.15) is 0 Å². The molecule has 0 saturated carbocycles. The molecule has 0 fully saturated rings.